The second-order valence-electron chi connectivity index (χ2n) is 6.81. The highest BCUT2D eigenvalue weighted by atomic mass is 16.5. The Kier molecular flexibility index (Phi) is 4.95. The molecule has 7 nitrogen and oxygen atoms in total. The zero-order valence-corrected chi connectivity index (χ0v) is 16.5. The first-order chi connectivity index (χ1) is 14.0. The molecule has 0 unspecified atom stereocenters. The normalized spacial score (nSPS) is 10.9. The van der Waals surface area contributed by atoms with E-state index >= 15 is 0 Å². The molecule has 0 aliphatic rings. The molecule has 146 valence electrons. The summed E-state index contributed by atoms with van der Waals surface area (Å²) in [6.07, 6.45) is 0. The molecule has 0 N–H and O–H groups in total. The van der Waals surface area contributed by atoms with Crippen molar-refractivity contribution in [2.24, 2.45) is 7.05 Å². The third-order valence-corrected chi connectivity index (χ3v) is 4.84. The average Bonchev–Trinajstić information content (AvgIpc) is 3.06. The lowest BCUT2D eigenvalue weighted by molar-refractivity contribution is 0.292. The van der Waals surface area contributed by atoms with Crippen LogP contribution in [0.1, 0.15) is 16.8 Å². The molecular formula is C22H21N5O2. The van der Waals surface area contributed by atoms with E-state index < -0.39 is 0 Å². The van der Waals surface area contributed by atoms with E-state index in [9.17, 15) is 4.79 Å². The van der Waals surface area contributed by atoms with Gasteiger partial charge in [-0.3, -0.25) is 0 Å². The number of benzene rings is 2. The van der Waals surface area contributed by atoms with Crippen molar-refractivity contribution in [3.8, 4) is 22.7 Å². The standard InChI is InChI=1S/C22H21N5O2/c1-15-8-7-11-20(27-22(28)26(3)24-25-27)19(15)14-29-21-13-12-18(16(2)23-21)17-9-5-4-6-10-17/h4-13H,14H2,1-3H3. The zero-order chi connectivity index (χ0) is 20.4. The number of aryl methyl sites for hydroxylation is 3. The van der Waals surface area contributed by atoms with Gasteiger partial charge in [0.2, 0.25) is 5.88 Å². The molecule has 0 bridgehead atoms. The number of ether oxygens (including phenoxy) is 1. The smallest absolute Gasteiger partial charge is 0.368 e. The maximum Gasteiger partial charge on any atom is 0.368 e. The summed E-state index contributed by atoms with van der Waals surface area (Å²) in [6.45, 7) is 4.20. The molecular weight excluding hydrogens is 366 g/mol. The van der Waals surface area contributed by atoms with Crippen LogP contribution >= 0.6 is 0 Å². The van der Waals surface area contributed by atoms with Gasteiger partial charge in [0, 0.05) is 29.9 Å². The minimum absolute atomic E-state index is 0.266. The molecule has 2 aromatic heterocycles. The van der Waals surface area contributed by atoms with Crippen LogP contribution in [0.15, 0.2) is 65.5 Å². The molecule has 0 saturated heterocycles. The number of pyridine rings is 1. The Morgan fingerprint density at radius 2 is 1.72 bits per heavy atom. The van der Waals surface area contributed by atoms with Crippen molar-refractivity contribution in [2.75, 3.05) is 0 Å². The lowest BCUT2D eigenvalue weighted by Gasteiger charge is -2.13. The van der Waals surface area contributed by atoms with E-state index in [1.54, 1.807) is 7.05 Å². The molecule has 0 fully saturated rings. The van der Waals surface area contributed by atoms with Gasteiger partial charge in [0.15, 0.2) is 0 Å². The monoisotopic (exact) mass is 387 g/mol. The minimum atomic E-state index is -0.307. The lowest BCUT2D eigenvalue weighted by atomic mass is 10.0. The second kappa shape index (κ2) is 7.71. The van der Waals surface area contributed by atoms with Gasteiger partial charge < -0.3 is 4.74 Å². The number of hydrogen-bond donors (Lipinski definition) is 0. The summed E-state index contributed by atoms with van der Waals surface area (Å²) in [5.74, 6) is 0.530. The molecule has 0 amide bonds. The van der Waals surface area contributed by atoms with Crippen molar-refractivity contribution in [2.45, 2.75) is 20.5 Å². The predicted octanol–water partition coefficient (Wildman–Crippen LogP) is 3.22. The van der Waals surface area contributed by atoms with Gasteiger partial charge in [-0.2, -0.15) is 9.36 Å². The first-order valence-corrected chi connectivity index (χ1v) is 9.28. The molecule has 0 saturated carbocycles. The Hall–Kier alpha value is -3.74. The molecule has 0 radical (unpaired) electrons. The highest BCUT2D eigenvalue weighted by Gasteiger charge is 2.14. The van der Waals surface area contributed by atoms with Crippen molar-refractivity contribution >= 4 is 0 Å². The van der Waals surface area contributed by atoms with Gasteiger partial charge in [0.05, 0.1) is 5.69 Å². The molecule has 7 heteroatoms. The highest BCUT2D eigenvalue weighted by molar-refractivity contribution is 5.65. The number of tetrazole rings is 1. The quantitative estimate of drug-likeness (QED) is 0.526. The fourth-order valence-electron chi connectivity index (χ4n) is 3.23. The Bertz CT molecular complexity index is 1210. The predicted molar refractivity (Wildman–Crippen MR) is 110 cm³/mol. The molecule has 0 atom stereocenters. The van der Waals surface area contributed by atoms with E-state index in [0.29, 0.717) is 11.6 Å². The number of rotatable bonds is 5. The van der Waals surface area contributed by atoms with Gasteiger partial charge in [0.25, 0.3) is 0 Å². The summed E-state index contributed by atoms with van der Waals surface area (Å²) >= 11 is 0. The van der Waals surface area contributed by atoms with Crippen LogP contribution in [0, 0.1) is 13.8 Å². The minimum Gasteiger partial charge on any atom is -0.473 e. The molecule has 4 aromatic rings. The van der Waals surface area contributed by atoms with Crippen LogP contribution < -0.4 is 10.4 Å². The van der Waals surface area contributed by atoms with E-state index in [1.165, 1.54) is 9.36 Å². The van der Waals surface area contributed by atoms with E-state index in [1.807, 2.05) is 62.4 Å². The van der Waals surface area contributed by atoms with Gasteiger partial charge in [-0.1, -0.05) is 42.5 Å². The highest BCUT2D eigenvalue weighted by Crippen LogP contribution is 2.25. The fourth-order valence-corrected chi connectivity index (χ4v) is 3.23. The Labute approximate surface area is 168 Å². The maximum absolute atomic E-state index is 12.3. The summed E-state index contributed by atoms with van der Waals surface area (Å²) in [6, 6.07) is 19.7. The van der Waals surface area contributed by atoms with Crippen LogP contribution in [0.2, 0.25) is 0 Å². The summed E-state index contributed by atoms with van der Waals surface area (Å²) in [4.78, 5) is 16.9. The summed E-state index contributed by atoms with van der Waals surface area (Å²) < 4.78 is 8.45. The number of aromatic nitrogens is 5. The van der Waals surface area contributed by atoms with Crippen LogP contribution in [0.4, 0.5) is 0 Å². The van der Waals surface area contributed by atoms with Crippen LogP contribution in [0.3, 0.4) is 0 Å². The van der Waals surface area contributed by atoms with Crippen molar-refractivity contribution in [1.82, 2.24) is 24.8 Å². The SMILES string of the molecule is Cc1cccc(-n2nnn(C)c2=O)c1COc1ccc(-c2ccccc2)c(C)n1. The number of hydrogen-bond acceptors (Lipinski definition) is 5. The first-order valence-electron chi connectivity index (χ1n) is 9.28. The van der Waals surface area contributed by atoms with E-state index in [4.69, 9.17) is 4.74 Å². The molecule has 0 spiro atoms. The van der Waals surface area contributed by atoms with E-state index in [2.05, 4.69) is 27.5 Å². The molecule has 4 rings (SSSR count). The van der Waals surface area contributed by atoms with Gasteiger partial charge in [0.1, 0.15) is 6.61 Å². The molecule has 2 heterocycles. The first kappa shape index (κ1) is 18.6. The third kappa shape index (κ3) is 3.67. The molecule has 29 heavy (non-hydrogen) atoms. The summed E-state index contributed by atoms with van der Waals surface area (Å²) in [5.41, 5.74) is 5.29. The second-order valence-corrected chi connectivity index (χ2v) is 6.81. The van der Waals surface area contributed by atoms with Gasteiger partial charge in [-0.15, -0.1) is 0 Å². The Morgan fingerprint density at radius 1 is 0.931 bits per heavy atom. The van der Waals surface area contributed by atoms with Gasteiger partial charge in [-0.25, -0.2) is 9.78 Å². The Morgan fingerprint density at radius 3 is 2.41 bits per heavy atom. The van der Waals surface area contributed by atoms with E-state index in [-0.39, 0.29) is 12.3 Å². The Balaban J connectivity index is 1.61. The lowest BCUT2D eigenvalue weighted by Crippen LogP contribution is -2.23. The summed E-state index contributed by atoms with van der Waals surface area (Å²) in [5, 5.41) is 7.74. The van der Waals surface area contributed by atoms with Crippen LogP contribution in [0.5, 0.6) is 5.88 Å². The van der Waals surface area contributed by atoms with Crippen molar-refractivity contribution in [3.63, 3.8) is 0 Å². The largest absolute Gasteiger partial charge is 0.473 e. The third-order valence-electron chi connectivity index (χ3n) is 4.84. The summed E-state index contributed by atoms with van der Waals surface area (Å²) in [7, 11) is 1.57. The van der Waals surface area contributed by atoms with Crippen LogP contribution in [-0.2, 0) is 13.7 Å². The van der Waals surface area contributed by atoms with Crippen molar-refractivity contribution < 1.29 is 4.74 Å². The molecule has 0 aliphatic carbocycles. The van der Waals surface area contributed by atoms with Gasteiger partial charge in [-0.05, 0) is 47.5 Å². The molecule has 2 aromatic carbocycles. The number of nitrogens with zero attached hydrogens (tertiary/aromatic N) is 5. The fraction of sp³-hybridized carbons (Fsp3) is 0.182. The van der Waals surface area contributed by atoms with E-state index in [0.717, 1.165) is 27.9 Å². The van der Waals surface area contributed by atoms with Crippen LogP contribution in [0.25, 0.3) is 16.8 Å². The van der Waals surface area contributed by atoms with Crippen molar-refractivity contribution in [1.29, 1.82) is 0 Å². The van der Waals surface area contributed by atoms with Crippen LogP contribution in [-0.4, -0.2) is 24.8 Å². The molecule has 0 aliphatic heterocycles. The maximum atomic E-state index is 12.3. The topological polar surface area (TPSA) is 74.8 Å². The van der Waals surface area contributed by atoms with Crippen molar-refractivity contribution in [3.05, 3.63) is 88.0 Å². The zero-order valence-electron chi connectivity index (χ0n) is 16.5. The average molecular weight is 387 g/mol. The van der Waals surface area contributed by atoms with Gasteiger partial charge >= 0.3 is 5.69 Å².